The Labute approximate surface area is 84.2 Å². The molecular formula is C10H16N4. The molecule has 2 N–H and O–H groups in total. The summed E-state index contributed by atoms with van der Waals surface area (Å²) in [6.45, 7) is 3.29. The summed E-state index contributed by atoms with van der Waals surface area (Å²) >= 11 is 0. The summed E-state index contributed by atoms with van der Waals surface area (Å²) in [5.41, 5.74) is 5.61. The van der Waals surface area contributed by atoms with Crippen molar-refractivity contribution in [2.24, 2.45) is 0 Å². The second kappa shape index (κ2) is 3.82. The maximum absolute atomic E-state index is 5.61. The van der Waals surface area contributed by atoms with Gasteiger partial charge in [0.15, 0.2) is 0 Å². The number of rotatable bonds is 2. The predicted octanol–water partition coefficient (Wildman–Crippen LogP) is 1.44. The van der Waals surface area contributed by atoms with Gasteiger partial charge in [0.05, 0.1) is 12.4 Å². The van der Waals surface area contributed by atoms with Gasteiger partial charge in [0.2, 0.25) is 0 Å². The van der Waals surface area contributed by atoms with E-state index in [4.69, 9.17) is 5.73 Å². The highest BCUT2D eigenvalue weighted by Crippen LogP contribution is 2.25. The first-order chi connectivity index (χ1) is 6.81. The first-order valence-electron chi connectivity index (χ1n) is 5.15. The number of nitrogens with zero attached hydrogens (tertiary/aromatic N) is 3. The zero-order valence-electron chi connectivity index (χ0n) is 8.48. The SMILES string of the molecule is CCC1CCCN1c1cncc(N)n1. The van der Waals surface area contributed by atoms with Crippen LogP contribution in [0.5, 0.6) is 0 Å². The normalized spacial score (nSPS) is 21.5. The van der Waals surface area contributed by atoms with Crippen molar-refractivity contribution in [3.8, 4) is 0 Å². The van der Waals surface area contributed by atoms with Gasteiger partial charge in [-0.05, 0) is 19.3 Å². The van der Waals surface area contributed by atoms with Gasteiger partial charge < -0.3 is 10.6 Å². The molecule has 4 heteroatoms. The quantitative estimate of drug-likeness (QED) is 0.770. The first-order valence-corrected chi connectivity index (χ1v) is 5.15. The highest BCUT2D eigenvalue weighted by atomic mass is 15.2. The molecule has 0 saturated carbocycles. The van der Waals surface area contributed by atoms with Crippen molar-refractivity contribution in [1.29, 1.82) is 0 Å². The Balaban J connectivity index is 2.21. The summed E-state index contributed by atoms with van der Waals surface area (Å²) < 4.78 is 0. The third kappa shape index (κ3) is 1.64. The molecule has 76 valence electrons. The standard InChI is InChI=1S/C10H16N4/c1-2-8-4-3-5-14(8)10-7-12-6-9(11)13-10/h6-8H,2-5H2,1H3,(H2,11,13). The van der Waals surface area contributed by atoms with Gasteiger partial charge in [0.1, 0.15) is 11.6 Å². The van der Waals surface area contributed by atoms with Crippen LogP contribution < -0.4 is 10.6 Å². The van der Waals surface area contributed by atoms with Gasteiger partial charge in [0, 0.05) is 12.6 Å². The van der Waals surface area contributed by atoms with Crippen molar-refractivity contribution in [2.45, 2.75) is 32.2 Å². The van der Waals surface area contributed by atoms with Gasteiger partial charge in [-0.15, -0.1) is 0 Å². The summed E-state index contributed by atoms with van der Waals surface area (Å²) in [6, 6.07) is 0.617. The van der Waals surface area contributed by atoms with Gasteiger partial charge in [-0.2, -0.15) is 0 Å². The van der Waals surface area contributed by atoms with Crippen LogP contribution in [-0.4, -0.2) is 22.6 Å². The van der Waals surface area contributed by atoms with Crippen LogP contribution in [-0.2, 0) is 0 Å². The van der Waals surface area contributed by atoms with Gasteiger partial charge in [-0.1, -0.05) is 6.92 Å². The number of nitrogens with two attached hydrogens (primary N) is 1. The number of hydrogen-bond acceptors (Lipinski definition) is 4. The van der Waals surface area contributed by atoms with E-state index in [0.29, 0.717) is 11.9 Å². The topological polar surface area (TPSA) is 55.0 Å². The van der Waals surface area contributed by atoms with E-state index < -0.39 is 0 Å². The molecule has 1 saturated heterocycles. The number of nitrogen functional groups attached to an aromatic ring is 1. The minimum Gasteiger partial charge on any atom is -0.382 e. The van der Waals surface area contributed by atoms with Crippen LogP contribution in [0.1, 0.15) is 26.2 Å². The van der Waals surface area contributed by atoms with Gasteiger partial charge >= 0.3 is 0 Å². The molecule has 14 heavy (non-hydrogen) atoms. The summed E-state index contributed by atoms with van der Waals surface area (Å²) in [5.74, 6) is 1.43. The Morgan fingerprint density at radius 2 is 2.43 bits per heavy atom. The molecule has 4 nitrogen and oxygen atoms in total. The van der Waals surface area contributed by atoms with Crippen molar-refractivity contribution >= 4 is 11.6 Å². The Morgan fingerprint density at radius 1 is 1.57 bits per heavy atom. The van der Waals surface area contributed by atoms with E-state index in [2.05, 4.69) is 21.8 Å². The lowest BCUT2D eigenvalue weighted by molar-refractivity contribution is 0.640. The van der Waals surface area contributed by atoms with Crippen LogP contribution >= 0.6 is 0 Å². The van der Waals surface area contributed by atoms with Crippen LogP contribution in [0.2, 0.25) is 0 Å². The molecule has 0 aromatic carbocycles. The molecule has 0 bridgehead atoms. The third-order valence-electron chi connectivity index (χ3n) is 2.78. The van der Waals surface area contributed by atoms with Crippen molar-refractivity contribution in [3.63, 3.8) is 0 Å². The lowest BCUT2D eigenvalue weighted by Gasteiger charge is -2.24. The largest absolute Gasteiger partial charge is 0.382 e. The Kier molecular flexibility index (Phi) is 2.52. The van der Waals surface area contributed by atoms with Gasteiger partial charge in [0.25, 0.3) is 0 Å². The Bertz CT molecular complexity index is 313. The molecule has 1 unspecified atom stereocenters. The fourth-order valence-electron chi connectivity index (χ4n) is 2.07. The highest BCUT2D eigenvalue weighted by molar-refractivity contribution is 5.43. The molecule has 1 fully saturated rings. The minimum atomic E-state index is 0.504. The van der Waals surface area contributed by atoms with Crippen LogP contribution in [0.4, 0.5) is 11.6 Å². The third-order valence-corrected chi connectivity index (χ3v) is 2.78. The fourth-order valence-corrected chi connectivity index (χ4v) is 2.07. The molecule has 1 aromatic heterocycles. The Morgan fingerprint density at radius 3 is 3.14 bits per heavy atom. The lowest BCUT2D eigenvalue weighted by atomic mass is 10.2. The zero-order chi connectivity index (χ0) is 9.97. The van der Waals surface area contributed by atoms with E-state index in [1.165, 1.54) is 12.8 Å². The van der Waals surface area contributed by atoms with Crippen LogP contribution in [0, 0.1) is 0 Å². The molecule has 1 aliphatic rings. The Hall–Kier alpha value is -1.32. The van der Waals surface area contributed by atoms with E-state index in [1.54, 1.807) is 12.4 Å². The highest BCUT2D eigenvalue weighted by Gasteiger charge is 2.23. The molecule has 2 heterocycles. The zero-order valence-corrected chi connectivity index (χ0v) is 8.48. The van der Waals surface area contributed by atoms with Crippen LogP contribution in [0.3, 0.4) is 0 Å². The molecule has 0 amide bonds. The summed E-state index contributed by atoms with van der Waals surface area (Å²) in [5, 5.41) is 0. The van der Waals surface area contributed by atoms with E-state index in [9.17, 15) is 0 Å². The van der Waals surface area contributed by atoms with Crippen LogP contribution in [0.15, 0.2) is 12.4 Å². The number of aromatic nitrogens is 2. The molecule has 1 aliphatic heterocycles. The molecular weight excluding hydrogens is 176 g/mol. The predicted molar refractivity (Wildman–Crippen MR) is 57.1 cm³/mol. The second-order valence-electron chi connectivity index (χ2n) is 3.70. The van der Waals surface area contributed by atoms with E-state index >= 15 is 0 Å². The van der Waals surface area contributed by atoms with Crippen molar-refractivity contribution in [1.82, 2.24) is 9.97 Å². The smallest absolute Gasteiger partial charge is 0.149 e. The molecule has 0 spiro atoms. The fraction of sp³-hybridized carbons (Fsp3) is 0.600. The first kappa shape index (κ1) is 9.24. The monoisotopic (exact) mass is 192 g/mol. The molecule has 1 aromatic rings. The second-order valence-corrected chi connectivity index (χ2v) is 3.70. The number of hydrogen-bond donors (Lipinski definition) is 1. The van der Waals surface area contributed by atoms with E-state index in [0.717, 1.165) is 18.8 Å². The van der Waals surface area contributed by atoms with E-state index in [-0.39, 0.29) is 0 Å². The molecule has 0 radical (unpaired) electrons. The van der Waals surface area contributed by atoms with Gasteiger partial charge in [-0.3, -0.25) is 4.98 Å². The summed E-state index contributed by atoms with van der Waals surface area (Å²) in [7, 11) is 0. The maximum atomic E-state index is 5.61. The van der Waals surface area contributed by atoms with Crippen molar-refractivity contribution in [3.05, 3.63) is 12.4 Å². The van der Waals surface area contributed by atoms with Gasteiger partial charge in [-0.25, -0.2) is 4.98 Å². The summed E-state index contributed by atoms with van der Waals surface area (Å²) in [4.78, 5) is 10.7. The van der Waals surface area contributed by atoms with Crippen molar-refractivity contribution in [2.75, 3.05) is 17.2 Å². The average Bonchev–Trinajstić information content (AvgIpc) is 2.65. The molecule has 1 atom stereocenters. The average molecular weight is 192 g/mol. The van der Waals surface area contributed by atoms with Crippen molar-refractivity contribution < 1.29 is 0 Å². The minimum absolute atomic E-state index is 0.504. The number of anilines is 2. The maximum Gasteiger partial charge on any atom is 0.149 e. The van der Waals surface area contributed by atoms with Crippen LogP contribution in [0.25, 0.3) is 0 Å². The lowest BCUT2D eigenvalue weighted by Crippen LogP contribution is -2.29. The molecule has 0 aliphatic carbocycles. The molecule has 2 rings (SSSR count). The summed E-state index contributed by atoms with van der Waals surface area (Å²) in [6.07, 6.45) is 7.04. The van der Waals surface area contributed by atoms with E-state index in [1.807, 2.05) is 0 Å².